The highest BCUT2D eigenvalue weighted by molar-refractivity contribution is 4.87. The van der Waals surface area contributed by atoms with Crippen LogP contribution in [0.1, 0.15) is 90.9 Å². The third-order valence-corrected chi connectivity index (χ3v) is 6.35. The molecule has 0 spiro atoms. The zero-order valence-electron chi connectivity index (χ0n) is 13.9. The molecule has 0 aromatic carbocycles. The van der Waals surface area contributed by atoms with Gasteiger partial charge in [-0.25, -0.2) is 0 Å². The standard InChI is InChI=1S/C19H37N/c1-3-5-7-16-10-12-17(13-11-16)19(20)18-9-6-8-15(4-2)14-18/h15-19H,3-14,20H2,1-2H3. The van der Waals surface area contributed by atoms with E-state index in [-0.39, 0.29) is 0 Å². The fourth-order valence-corrected chi connectivity index (χ4v) is 4.79. The van der Waals surface area contributed by atoms with E-state index in [0.717, 1.165) is 23.7 Å². The molecule has 1 heteroatoms. The maximum atomic E-state index is 6.69. The monoisotopic (exact) mass is 279 g/mol. The average Bonchev–Trinajstić information content (AvgIpc) is 2.52. The zero-order valence-corrected chi connectivity index (χ0v) is 13.9. The van der Waals surface area contributed by atoms with E-state index in [2.05, 4.69) is 13.8 Å². The summed E-state index contributed by atoms with van der Waals surface area (Å²) in [5.74, 6) is 3.67. The Bertz CT molecular complexity index is 254. The lowest BCUT2D eigenvalue weighted by atomic mass is 9.69. The Hall–Kier alpha value is -0.0400. The first-order valence-corrected chi connectivity index (χ1v) is 9.50. The van der Waals surface area contributed by atoms with Crippen LogP contribution in [-0.4, -0.2) is 6.04 Å². The topological polar surface area (TPSA) is 26.0 Å². The van der Waals surface area contributed by atoms with Crippen molar-refractivity contribution in [2.75, 3.05) is 0 Å². The molecular weight excluding hydrogens is 242 g/mol. The number of hydrogen-bond donors (Lipinski definition) is 1. The maximum absolute atomic E-state index is 6.69. The molecule has 0 aromatic heterocycles. The molecule has 0 aromatic rings. The summed E-state index contributed by atoms with van der Waals surface area (Å²) in [6.45, 7) is 4.67. The maximum Gasteiger partial charge on any atom is 0.00957 e. The molecule has 20 heavy (non-hydrogen) atoms. The van der Waals surface area contributed by atoms with Crippen LogP contribution in [0.5, 0.6) is 0 Å². The van der Waals surface area contributed by atoms with Crippen LogP contribution in [0.2, 0.25) is 0 Å². The molecule has 0 heterocycles. The summed E-state index contributed by atoms with van der Waals surface area (Å²) in [5.41, 5.74) is 6.69. The minimum Gasteiger partial charge on any atom is -0.327 e. The molecule has 1 nitrogen and oxygen atoms in total. The van der Waals surface area contributed by atoms with Gasteiger partial charge in [0.05, 0.1) is 0 Å². The quantitative estimate of drug-likeness (QED) is 0.680. The Kier molecular flexibility index (Phi) is 6.87. The van der Waals surface area contributed by atoms with Crippen molar-refractivity contribution >= 4 is 0 Å². The molecule has 0 bridgehead atoms. The molecule has 2 fully saturated rings. The summed E-state index contributed by atoms with van der Waals surface area (Å²) in [7, 11) is 0. The lowest BCUT2D eigenvalue weighted by Gasteiger charge is -2.39. The first-order valence-electron chi connectivity index (χ1n) is 9.50. The smallest absolute Gasteiger partial charge is 0.00957 e. The van der Waals surface area contributed by atoms with Gasteiger partial charge in [0.25, 0.3) is 0 Å². The van der Waals surface area contributed by atoms with Crippen LogP contribution in [0.25, 0.3) is 0 Å². The van der Waals surface area contributed by atoms with E-state index >= 15 is 0 Å². The van der Waals surface area contributed by atoms with Crippen molar-refractivity contribution in [3.05, 3.63) is 0 Å². The number of hydrogen-bond acceptors (Lipinski definition) is 1. The fourth-order valence-electron chi connectivity index (χ4n) is 4.79. The highest BCUT2D eigenvalue weighted by Gasteiger charge is 2.32. The van der Waals surface area contributed by atoms with Crippen LogP contribution in [-0.2, 0) is 0 Å². The second-order valence-electron chi connectivity index (χ2n) is 7.70. The SMILES string of the molecule is CCCCC1CCC(C(N)C2CCCC(CC)C2)CC1. The van der Waals surface area contributed by atoms with Gasteiger partial charge in [0, 0.05) is 6.04 Å². The minimum atomic E-state index is 0.511. The molecule has 0 radical (unpaired) electrons. The Balaban J connectivity index is 1.75. The van der Waals surface area contributed by atoms with E-state index in [1.54, 1.807) is 0 Å². The van der Waals surface area contributed by atoms with Crippen LogP contribution in [0.3, 0.4) is 0 Å². The van der Waals surface area contributed by atoms with Crippen LogP contribution < -0.4 is 5.73 Å². The van der Waals surface area contributed by atoms with Gasteiger partial charge >= 0.3 is 0 Å². The van der Waals surface area contributed by atoms with E-state index in [4.69, 9.17) is 5.73 Å². The van der Waals surface area contributed by atoms with Gasteiger partial charge in [0.15, 0.2) is 0 Å². The molecule has 3 atom stereocenters. The Morgan fingerprint density at radius 3 is 2.30 bits per heavy atom. The van der Waals surface area contributed by atoms with E-state index < -0.39 is 0 Å². The summed E-state index contributed by atoms with van der Waals surface area (Å²) in [6, 6.07) is 0.511. The lowest BCUT2D eigenvalue weighted by molar-refractivity contribution is 0.152. The Morgan fingerprint density at radius 2 is 1.65 bits per heavy atom. The number of nitrogens with two attached hydrogens (primary N) is 1. The molecule has 2 saturated carbocycles. The molecule has 2 rings (SSSR count). The van der Waals surface area contributed by atoms with Gasteiger partial charge in [0.2, 0.25) is 0 Å². The van der Waals surface area contributed by atoms with Crippen LogP contribution in [0.15, 0.2) is 0 Å². The van der Waals surface area contributed by atoms with Gasteiger partial charge in [-0.2, -0.15) is 0 Å². The summed E-state index contributed by atoms with van der Waals surface area (Å²) in [6.07, 6.45) is 17.1. The van der Waals surface area contributed by atoms with E-state index in [1.807, 2.05) is 0 Å². The molecule has 2 aliphatic rings. The molecule has 0 amide bonds. The van der Waals surface area contributed by atoms with E-state index in [9.17, 15) is 0 Å². The second-order valence-corrected chi connectivity index (χ2v) is 7.70. The van der Waals surface area contributed by atoms with Crippen LogP contribution in [0, 0.1) is 23.7 Å². The van der Waals surface area contributed by atoms with Crippen molar-refractivity contribution in [1.82, 2.24) is 0 Å². The normalized spacial score (nSPS) is 36.8. The van der Waals surface area contributed by atoms with Crippen molar-refractivity contribution in [2.45, 2.75) is 96.9 Å². The highest BCUT2D eigenvalue weighted by atomic mass is 14.7. The summed E-state index contributed by atoms with van der Waals surface area (Å²) in [5, 5.41) is 0. The Morgan fingerprint density at radius 1 is 0.900 bits per heavy atom. The largest absolute Gasteiger partial charge is 0.327 e. The molecule has 0 saturated heterocycles. The van der Waals surface area contributed by atoms with Gasteiger partial charge in [-0.1, -0.05) is 65.2 Å². The van der Waals surface area contributed by atoms with Crippen molar-refractivity contribution in [2.24, 2.45) is 29.4 Å². The third-order valence-electron chi connectivity index (χ3n) is 6.35. The molecule has 2 N–H and O–H groups in total. The van der Waals surface area contributed by atoms with Gasteiger partial charge in [-0.3, -0.25) is 0 Å². The van der Waals surface area contributed by atoms with Crippen molar-refractivity contribution in [1.29, 1.82) is 0 Å². The van der Waals surface area contributed by atoms with Crippen LogP contribution in [0.4, 0.5) is 0 Å². The predicted octanol–water partition coefficient (Wildman–Crippen LogP) is 5.53. The van der Waals surface area contributed by atoms with Crippen molar-refractivity contribution in [3.63, 3.8) is 0 Å². The van der Waals surface area contributed by atoms with Crippen molar-refractivity contribution in [3.8, 4) is 0 Å². The van der Waals surface area contributed by atoms with Crippen molar-refractivity contribution < 1.29 is 0 Å². The predicted molar refractivity (Wildman–Crippen MR) is 88.7 cm³/mol. The molecule has 0 aliphatic heterocycles. The lowest BCUT2D eigenvalue weighted by Crippen LogP contribution is -2.41. The van der Waals surface area contributed by atoms with E-state index in [0.29, 0.717) is 6.04 Å². The fraction of sp³-hybridized carbons (Fsp3) is 1.00. The molecule has 2 aliphatic carbocycles. The summed E-state index contributed by atoms with van der Waals surface area (Å²) in [4.78, 5) is 0. The van der Waals surface area contributed by atoms with Gasteiger partial charge in [-0.05, 0) is 49.4 Å². The third kappa shape index (κ3) is 4.48. The average molecular weight is 280 g/mol. The van der Waals surface area contributed by atoms with Gasteiger partial charge in [0.1, 0.15) is 0 Å². The summed E-state index contributed by atoms with van der Waals surface area (Å²) >= 11 is 0. The molecule has 3 unspecified atom stereocenters. The number of unbranched alkanes of at least 4 members (excludes halogenated alkanes) is 1. The first kappa shape index (κ1) is 16.3. The molecule has 118 valence electrons. The number of rotatable bonds is 6. The van der Waals surface area contributed by atoms with Crippen LogP contribution >= 0.6 is 0 Å². The van der Waals surface area contributed by atoms with Gasteiger partial charge in [-0.15, -0.1) is 0 Å². The zero-order chi connectivity index (χ0) is 14.4. The Labute approximate surface area is 127 Å². The van der Waals surface area contributed by atoms with E-state index in [1.165, 1.54) is 77.0 Å². The minimum absolute atomic E-state index is 0.511. The molecular formula is C19H37N. The van der Waals surface area contributed by atoms with Gasteiger partial charge < -0.3 is 5.73 Å². The highest BCUT2D eigenvalue weighted by Crippen LogP contribution is 2.39. The summed E-state index contributed by atoms with van der Waals surface area (Å²) < 4.78 is 0. The first-order chi connectivity index (χ1) is 9.74. The second kappa shape index (κ2) is 8.41.